The summed E-state index contributed by atoms with van der Waals surface area (Å²) in [6.07, 6.45) is 0. The van der Waals surface area contributed by atoms with Crippen molar-refractivity contribution in [1.29, 1.82) is 0 Å². The Bertz CT molecular complexity index is 411. The van der Waals surface area contributed by atoms with Crippen molar-refractivity contribution >= 4 is 6.47 Å². The van der Waals surface area contributed by atoms with E-state index in [4.69, 9.17) is 4.74 Å². The maximum atomic E-state index is 10.2. The molecule has 2 rings (SSSR count). The predicted molar refractivity (Wildman–Crippen MR) is 66.4 cm³/mol. The first-order valence-corrected chi connectivity index (χ1v) is 5.50. The van der Waals surface area contributed by atoms with Gasteiger partial charge in [-0.25, -0.2) is 4.79 Å². The van der Waals surface area contributed by atoms with Crippen LogP contribution in [0, 0.1) is 0 Å². The molecule has 1 radical (unpaired) electrons. The number of rotatable bonds is 5. The van der Waals surface area contributed by atoms with Gasteiger partial charge in [0, 0.05) is 5.92 Å². The van der Waals surface area contributed by atoms with Gasteiger partial charge in [0.1, 0.15) is 6.61 Å². The van der Waals surface area contributed by atoms with E-state index in [1.807, 2.05) is 60.7 Å². The molecule has 2 heteroatoms. The van der Waals surface area contributed by atoms with Gasteiger partial charge in [-0.15, -0.1) is 0 Å². The summed E-state index contributed by atoms with van der Waals surface area (Å²) in [6.45, 7) is 1.80. The van der Waals surface area contributed by atoms with Crippen LogP contribution in [0.5, 0.6) is 0 Å². The van der Waals surface area contributed by atoms with Crippen molar-refractivity contribution in [2.45, 2.75) is 5.92 Å². The molecule has 0 atom stereocenters. The van der Waals surface area contributed by atoms with Gasteiger partial charge < -0.3 is 4.74 Å². The van der Waals surface area contributed by atoms with Crippen LogP contribution in [0.1, 0.15) is 17.0 Å². The molecule has 0 spiro atoms. The molecule has 0 aromatic heterocycles. The fraction of sp³-hybridized carbons (Fsp3) is 0.133. The molecule has 0 saturated carbocycles. The lowest BCUT2D eigenvalue weighted by Gasteiger charge is -2.16. The molecule has 0 amide bonds. The third-order valence-electron chi connectivity index (χ3n) is 2.71. The monoisotopic (exact) mass is 225 g/mol. The van der Waals surface area contributed by atoms with Gasteiger partial charge in [0.05, 0.1) is 0 Å². The molecule has 0 saturated heterocycles. The van der Waals surface area contributed by atoms with Crippen molar-refractivity contribution in [3.05, 3.63) is 71.8 Å². The molecule has 17 heavy (non-hydrogen) atoms. The van der Waals surface area contributed by atoms with Crippen LogP contribution in [0.2, 0.25) is 0 Å². The zero-order chi connectivity index (χ0) is 11.9. The second kappa shape index (κ2) is 5.85. The summed E-state index contributed by atoms with van der Waals surface area (Å²) in [5, 5.41) is 0. The summed E-state index contributed by atoms with van der Waals surface area (Å²) >= 11 is 0. The van der Waals surface area contributed by atoms with E-state index in [-0.39, 0.29) is 5.92 Å². The SMILES string of the molecule is O=[C]OCC(c1ccccc1)c1ccccc1. The van der Waals surface area contributed by atoms with Gasteiger partial charge in [-0.2, -0.15) is 0 Å². The Morgan fingerprint density at radius 2 is 1.35 bits per heavy atom. The number of carbonyl (C=O) groups excluding carboxylic acids is 1. The first-order valence-electron chi connectivity index (χ1n) is 5.50. The lowest BCUT2D eigenvalue weighted by molar-refractivity contribution is 0.267. The highest BCUT2D eigenvalue weighted by Gasteiger charge is 2.14. The average molecular weight is 225 g/mol. The highest BCUT2D eigenvalue weighted by atomic mass is 16.5. The Morgan fingerprint density at radius 1 is 0.882 bits per heavy atom. The zero-order valence-corrected chi connectivity index (χ0v) is 9.37. The van der Waals surface area contributed by atoms with Crippen molar-refractivity contribution in [3.63, 3.8) is 0 Å². The van der Waals surface area contributed by atoms with Gasteiger partial charge in [0.2, 0.25) is 0 Å². The van der Waals surface area contributed by atoms with Crippen molar-refractivity contribution in [2.75, 3.05) is 6.61 Å². The van der Waals surface area contributed by atoms with Gasteiger partial charge in [0.25, 0.3) is 0 Å². The van der Waals surface area contributed by atoms with Crippen LogP contribution in [0.15, 0.2) is 60.7 Å². The van der Waals surface area contributed by atoms with Gasteiger partial charge in [-0.05, 0) is 11.1 Å². The minimum atomic E-state index is 0.0684. The van der Waals surface area contributed by atoms with Gasteiger partial charge in [-0.3, -0.25) is 0 Å². The quantitative estimate of drug-likeness (QED) is 0.782. The summed E-state index contributed by atoms with van der Waals surface area (Å²) in [5.41, 5.74) is 2.27. The van der Waals surface area contributed by atoms with Crippen molar-refractivity contribution in [3.8, 4) is 0 Å². The van der Waals surface area contributed by atoms with E-state index < -0.39 is 0 Å². The van der Waals surface area contributed by atoms with Crippen molar-refractivity contribution in [2.24, 2.45) is 0 Å². The Kier molecular flexibility index (Phi) is 3.92. The van der Waals surface area contributed by atoms with Crippen LogP contribution in [-0.4, -0.2) is 13.1 Å². The minimum absolute atomic E-state index is 0.0684. The van der Waals surface area contributed by atoms with E-state index >= 15 is 0 Å². The van der Waals surface area contributed by atoms with E-state index in [9.17, 15) is 4.79 Å². The summed E-state index contributed by atoms with van der Waals surface area (Å²) in [4.78, 5) is 10.2. The van der Waals surface area contributed by atoms with Crippen LogP contribution < -0.4 is 0 Å². The molecule has 0 aliphatic heterocycles. The van der Waals surface area contributed by atoms with Gasteiger partial charge >= 0.3 is 6.47 Å². The van der Waals surface area contributed by atoms with E-state index in [0.717, 1.165) is 11.1 Å². The van der Waals surface area contributed by atoms with Crippen molar-refractivity contribution < 1.29 is 9.53 Å². The van der Waals surface area contributed by atoms with Crippen LogP contribution in [0.4, 0.5) is 0 Å². The Labute approximate surface area is 101 Å². The smallest absolute Gasteiger partial charge is 0.417 e. The lowest BCUT2D eigenvalue weighted by atomic mass is 9.92. The average Bonchev–Trinajstić information content (AvgIpc) is 2.42. The highest BCUT2D eigenvalue weighted by Crippen LogP contribution is 2.24. The summed E-state index contributed by atoms with van der Waals surface area (Å²) in [7, 11) is 0. The molecule has 0 fully saturated rings. The molecule has 0 bridgehead atoms. The molecular weight excluding hydrogens is 212 g/mol. The van der Waals surface area contributed by atoms with Crippen LogP contribution in [0.25, 0.3) is 0 Å². The van der Waals surface area contributed by atoms with Gasteiger partial charge in [-0.1, -0.05) is 60.7 Å². The Balaban J connectivity index is 2.29. The maximum absolute atomic E-state index is 10.2. The fourth-order valence-electron chi connectivity index (χ4n) is 1.87. The second-order valence-electron chi connectivity index (χ2n) is 3.77. The normalized spacial score (nSPS) is 10.2. The van der Waals surface area contributed by atoms with E-state index in [0.29, 0.717) is 6.61 Å². The van der Waals surface area contributed by atoms with Crippen LogP contribution in [-0.2, 0) is 9.53 Å². The van der Waals surface area contributed by atoms with E-state index in [1.165, 1.54) is 6.47 Å². The molecule has 85 valence electrons. The first-order chi connectivity index (χ1) is 8.42. The Morgan fingerprint density at radius 3 is 1.76 bits per heavy atom. The van der Waals surface area contributed by atoms with Crippen LogP contribution >= 0.6 is 0 Å². The molecule has 2 aromatic carbocycles. The first kappa shape index (κ1) is 11.4. The Hall–Kier alpha value is -2.09. The molecule has 0 unspecified atom stereocenters. The topological polar surface area (TPSA) is 26.3 Å². The lowest BCUT2D eigenvalue weighted by Crippen LogP contribution is -2.08. The molecule has 0 aliphatic rings. The van der Waals surface area contributed by atoms with E-state index in [1.54, 1.807) is 0 Å². The number of hydrogen-bond donors (Lipinski definition) is 0. The maximum Gasteiger partial charge on any atom is 0.417 e. The molecule has 2 aromatic rings. The standard InChI is InChI=1S/C15H13O2/c16-12-17-11-15(13-7-3-1-4-8-13)14-9-5-2-6-10-14/h1-10,15H,11H2. The summed E-state index contributed by atoms with van der Waals surface area (Å²) in [6, 6.07) is 20.0. The molecule has 2 nitrogen and oxygen atoms in total. The molecular formula is C15H13O2. The number of benzene rings is 2. The number of hydrogen-bond acceptors (Lipinski definition) is 2. The highest BCUT2D eigenvalue weighted by molar-refractivity contribution is 5.39. The minimum Gasteiger partial charge on any atom is -0.456 e. The van der Waals surface area contributed by atoms with Crippen molar-refractivity contribution in [1.82, 2.24) is 0 Å². The fourth-order valence-corrected chi connectivity index (χ4v) is 1.87. The number of ether oxygens (including phenoxy) is 1. The summed E-state index contributed by atoms with van der Waals surface area (Å²) < 4.78 is 4.80. The predicted octanol–water partition coefficient (Wildman–Crippen LogP) is 2.90. The third kappa shape index (κ3) is 2.94. The third-order valence-corrected chi connectivity index (χ3v) is 2.71. The van der Waals surface area contributed by atoms with E-state index in [2.05, 4.69) is 0 Å². The molecule has 0 aliphatic carbocycles. The molecule has 0 heterocycles. The zero-order valence-electron chi connectivity index (χ0n) is 9.37. The largest absolute Gasteiger partial charge is 0.456 e. The van der Waals surface area contributed by atoms with Gasteiger partial charge in [0.15, 0.2) is 0 Å². The summed E-state index contributed by atoms with van der Waals surface area (Å²) in [5.74, 6) is 0.0684. The molecule has 0 N–H and O–H groups in total. The second-order valence-corrected chi connectivity index (χ2v) is 3.77. The van der Waals surface area contributed by atoms with Crippen LogP contribution in [0.3, 0.4) is 0 Å².